The van der Waals surface area contributed by atoms with E-state index in [0.29, 0.717) is 36.7 Å². The summed E-state index contributed by atoms with van der Waals surface area (Å²) in [5.41, 5.74) is 4.41. The number of hydrogen-bond donors (Lipinski definition) is 2. The third kappa shape index (κ3) is 4.90. The van der Waals surface area contributed by atoms with Crippen LogP contribution in [0.25, 0.3) is 5.65 Å². The maximum Gasteiger partial charge on any atom is 0.275 e. The van der Waals surface area contributed by atoms with Crippen LogP contribution < -0.4 is 16.2 Å². The van der Waals surface area contributed by atoms with Crippen LogP contribution in [-0.4, -0.2) is 25.8 Å². The highest BCUT2D eigenvalue weighted by molar-refractivity contribution is 5.92. The fourth-order valence-electron chi connectivity index (χ4n) is 4.82. The Hall–Kier alpha value is -3.42. The molecule has 0 radical (unpaired) electrons. The summed E-state index contributed by atoms with van der Waals surface area (Å²) in [6, 6.07) is 5.80. The second-order valence-electron chi connectivity index (χ2n) is 9.52. The van der Waals surface area contributed by atoms with E-state index in [2.05, 4.69) is 29.5 Å². The second-order valence-corrected chi connectivity index (χ2v) is 9.52. The number of carbonyl (C=O) groups is 2. The number of nitrogens with one attached hydrogen (secondary N) is 2. The predicted molar refractivity (Wildman–Crippen MR) is 132 cm³/mol. The fourth-order valence-corrected chi connectivity index (χ4v) is 4.82. The number of carbonyl (C=O) groups excluding carboxylic acids is 2. The van der Waals surface area contributed by atoms with Gasteiger partial charge in [-0.1, -0.05) is 26.3 Å². The minimum Gasteiger partial charge on any atom is -0.350 e. The zero-order chi connectivity index (χ0) is 24.4. The van der Waals surface area contributed by atoms with Gasteiger partial charge in [-0.3, -0.25) is 14.4 Å². The lowest BCUT2D eigenvalue weighted by Gasteiger charge is -2.18. The monoisotopic (exact) mass is 463 g/mol. The number of pyridine rings is 2. The molecule has 2 N–H and O–H groups in total. The third-order valence-electron chi connectivity index (χ3n) is 6.98. The molecule has 1 aliphatic rings. The first kappa shape index (κ1) is 23.7. The highest BCUT2D eigenvalue weighted by Crippen LogP contribution is 2.28. The quantitative estimate of drug-likeness (QED) is 0.561. The maximum absolute atomic E-state index is 13.3. The summed E-state index contributed by atoms with van der Waals surface area (Å²) in [7, 11) is 0. The van der Waals surface area contributed by atoms with E-state index >= 15 is 0 Å². The molecule has 4 heterocycles. The van der Waals surface area contributed by atoms with Gasteiger partial charge in [-0.05, 0) is 61.8 Å². The molecule has 3 aromatic rings. The molecule has 2 atom stereocenters. The number of imidazole rings is 1. The summed E-state index contributed by atoms with van der Waals surface area (Å²) >= 11 is 0. The van der Waals surface area contributed by atoms with Crippen LogP contribution in [0.3, 0.4) is 0 Å². The van der Waals surface area contributed by atoms with Gasteiger partial charge in [0.15, 0.2) is 0 Å². The standard InChI is InChI=1S/C26H33N5O3/c1-5-16(2)10-19-12-21-11-17(3)31(26(34)25(21)29-23(32)13-19)15-24(33)28-14-20-6-7-22-27-8-9-30(22)18(20)4/h6-9,11,16,19H,5,10,12-15H2,1-4H3,(H,28,33)(H,29,32)/t16-,19?/m0/s1. The van der Waals surface area contributed by atoms with Crippen LogP contribution in [0.2, 0.25) is 0 Å². The Balaban J connectivity index is 1.50. The Morgan fingerprint density at radius 3 is 2.82 bits per heavy atom. The maximum atomic E-state index is 13.3. The number of aromatic nitrogens is 3. The summed E-state index contributed by atoms with van der Waals surface area (Å²) < 4.78 is 3.41. The average Bonchev–Trinajstić information content (AvgIpc) is 3.22. The first-order chi connectivity index (χ1) is 16.3. The van der Waals surface area contributed by atoms with E-state index in [1.54, 1.807) is 6.20 Å². The van der Waals surface area contributed by atoms with E-state index in [0.717, 1.165) is 35.3 Å². The van der Waals surface area contributed by atoms with E-state index < -0.39 is 0 Å². The average molecular weight is 464 g/mol. The normalized spacial score (nSPS) is 16.6. The molecule has 1 unspecified atom stereocenters. The number of rotatable bonds is 7. The number of nitrogens with zero attached hydrogens (tertiary/aromatic N) is 3. The Morgan fingerprint density at radius 1 is 1.26 bits per heavy atom. The molecule has 1 aliphatic heterocycles. The Bertz CT molecular complexity index is 1290. The van der Waals surface area contributed by atoms with E-state index in [-0.39, 0.29) is 29.8 Å². The van der Waals surface area contributed by atoms with Crippen molar-refractivity contribution in [1.82, 2.24) is 19.3 Å². The lowest BCUT2D eigenvalue weighted by Crippen LogP contribution is -2.35. The van der Waals surface area contributed by atoms with Gasteiger partial charge in [0, 0.05) is 36.7 Å². The molecule has 0 aromatic carbocycles. The van der Waals surface area contributed by atoms with Crippen LogP contribution in [0, 0.1) is 25.7 Å². The molecule has 34 heavy (non-hydrogen) atoms. The smallest absolute Gasteiger partial charge is 0.275 e. The third-order valence-corrected chi connectivity index (χ3v) is 6.98. The van der Waals surface area contributed by atoms with Crippen LogP contribution in [-0.2, 0) is 29.1 Å². The van der Waals surface area contributed by atoms with Gasteiger partial charge >= 0.3 is 0 Å². The van der Waals surface area contributed by atoms with Gasteiger partial charge in [-0.15, -0.1) is 0 Å². The van der Waals surface area contributed by atoms with Gasteiger partial charge in [0.25, 0.3) is 5.56 Å². The van der Waals surface area contributed by atoms with Gasteiger partial charge in [0.05, 0.1) is 0 Å². The Labute approximate surface area is 199 Å². The van der Waals surface area contributed by atoms with Crippen molar-refractivity contribution in [3.05, 3.63) is 63.5 Å². The zero-order valence-corrected chi connectivity index (χ0v) is 20.4. The molecule has 0 fully saturated rings. The zero-order valence-electron chi connectivity index (χ0n) is 20.4. The molecule has 4 rings (SSSR count). The Morgan fingerprint density at radius 2 is 2.06 bits per heavy atom. The summed E-state index contributed by atoms with van der Waals surface area (Å²) in [6.45, 7) is 8.42. The van der Waals surface area contributed by atoms with E-state index in [1.165, 1.54) is 4.57 Å². The number of anilines is 1. The van der Waals surface area contributed by atoms with Crippen LogP contribution in [0.4, 0.5) is 5.69 Å². The van der Waals surface area contributed by atoms with Crippen molar-refractivity contribution in [2.75, 3.05) is 5.32 Å². The van der Waals surface area contributed by atoms with E-state index in [4.69, 9.17) is 0 Å². The molecule has 0 aliphatic carbocycles. The van der Waals surface area contributed by atoms with Crippen molar-refractivity contribution in [1.29, 1.82) is 0 Å². The van der Waals surface area contributed by atoms with Gasteiger partial charge in [-0.2, -0.15) is 0 Å². The molecule has 0 spiro atoms. The minimum atomic E-state index is -0.321. The number of fused-ring (bicyclic) bond motifs is 2. The minimum absolute atomic E-state index is 0.101. The van der Waals surface area contributed by atoms with Crippen LogP contribution in [0.15, 0.2) is 35.4 Å². The molecule has 8 heteroatoms. The number of amides is 2. The fraction of sp³-hybridized carbons (Fsp3) is 0.462. The molecule has 8 nitrogen and oxygen atoms in total. The van der Waals surface area contributed by atoms with Gasteiger partial charge in [0.1, 0.15) is 17.9 Å². The number of aryl methyl sites for hydroxylation is 2. The molecule has 0 saturated carbocycles. The summed E-state index contributed by atoms with van der Waals surface area (Å²) in [5, 5.41) is 5.74. The van der Waals surface area contributed by atoms with Gasteiger partial charge < -0.3 is 19.6 Å². The highest BCUT2D eigenvalue weighted by Gasteiger charge is 2.26. The molecule has 0 saturated heterocycles. The SMILES string of the molecule is CC[C@H](C)CC1CC(=O)Nc2c(cc(C)n(CC(=O)NCc3ccc4nccn4c3C)c2=O)C1. The second kappa shape index (κ2) is 9.83. The molecular weight excluding hydrogens is 430 g/mol. The van der Waals surface area contributed by atoms with E-state index in [1.807, 2.05) is 42.6 Å². The summed E-state index contributed by atoms with van der Waals surface area (Å²) in [4.78, 5) is 42.8. The molecule has 0 bridgehead atoms. The van der Waals surface area contributed by atoms with Crippen LogP contribution in [0.1, 0.15) is 55.6 Å². The Kier molecular flexibility index (Phi) is 6.86. The first-order valence-electron chi connectivity index (χ1n) is 12.0. The topological polar surface area (TPSA) is 97.5 Å². The van der Waals surface area contributed by atoms with Gasteiger partial charge in [-0.25, -0.2) is 4.98 Å². The summed E-state index contributed by atoms with van der Waals surface area (Å²) in [5.74, 6) is 0.354. The molecule has 180 valence electrons. The summed E-state index contributed by atoms with van der Waals surface area (Å²) in [6.07, 6.45) is 6.75. The first-order valence-corrected chi connectivity index (χ1v) is 12.0. The largest absolute Gasteiger partial charge is 0.350 e. The van der Waals surface area contributed by atoms with Crippen molar-refractivity contribution in [3.8, 4) is 0 Å². The lowest BCUT2D eigenvalue weighted by atomic mass is 9.87. The van der Waals surface area contributed by atoms with Crippen molar-refractivity contribution < 1.29 is 9.59 Å². The van der Waals surface area contributed by atoms with Crippen LogP contribution in [0.5, 0.6) is 0 Å². The van der Waals surface area contributed by atoms with Gasteiger partial charge in [0.2, 0.25) is 11.8 Å². The van der Waals surface area contributed by atoms with E-state index in [9.17, 15) is 14.4 Å². The molecule has 3 aromatic heterocycles. The van der Waals surface area contributed by atoms with Crippen molar-refractivity contribution >= 4 is 23.1 Å². The van der Waals surface area contributed by atoms with Crippen molar-refractivity contribution in [3.63, 3.8) is 0 Å². The number of hydrogen-bond acceptors (Lipinski definition) is 4. The molecular formula is C26H33N5O3. The predicted octanol–water partition coefficient (Wildman–Crippen LogP) is 3.37. The highest BCUT2D eigenvalue weighted by atomic mass is 16.2. The van der Waals surface area contributed by atoms with Crippen molar-refractivity contribution in [2.45, 2.75) is 66.5 Å². The molecule has 2 amide bonds. The lowest BCUT2D eigenvalue weighted by molar-refractivity contribution is -0.122. The van der Waals surface area contributed by atoms with Crippen molar-refractivity contribution in [2.24, 2.45) is 11.8 Å². The van der Waals surface area contributed by atoms with Crippen LogP contribution >= 0.6 is 0 Å².